The molecule has 0 bridgehead atoms. The van der Waals surface area contributed by atoms with Crippen molar-refractivity contribution in [2.24, 2.45) is 0 Å². The Bertz CT molecular complexity index is 2960. The van der Waals surface area contributed by atoms with E-state index in [4.69, 9.17) is 0 Å². The molecule has 0 spiro atoms. The third kappa shape index (κ3) is 14.1. The SMILES string of the molecule is FC(F)(F)c1cc([B-](c2cc(C(F)(F)F)cc(C(F)(F)F)c2)(c2cc(C(F)(F)F)cc(C(F)(F)F)c2)c2cc(C(F)(F)F)cc(C(F)(F)F)c2)cc(C(F)(F)F)c1.O=C(C[n+]1ccnc(C(=O)c2ccccc2)c1)c1ccccc1. The first kappa shape index (κ1) is 61.3. The van der Waals surface area contributed by atoms with Crippen LogP contribution in [0.2, 0.25) is 0 Å². The Balaban J connectivity index is 0.000000370. The molecule has 1 aromatic heterocycles. The summed E-state index contributed by atoms with van der Waals surface area (Å²) in [4.78, 5) is 28.7. The Labute approximate surface area is 432 Å². The van der Waals surface area contributed by atoms with Crippen LogP contribution in [0.15, 0.2) is 152 Å². The number of nitrogens with zero attached hydrogens (tertiary/aromatic N) is 2. The predicted octanol–water partition coefficient (Wildman–Crippen LogP) is 13.7. The van der Waals surface area contributed by atoms with Gasteiger partial charge in [-0.3, -0.25) is 9.59 Å². The second kappa shape index (κ2) is 21.6. The van der Waals surface area contributed by atoms with E-state index in [1.54, 1.807) is 41.2 Å². The van der Waals surface area contributed by atoms with E-state index >= 15 is 0 Å². The number of halogens is 24. The number of rotatable bonds is 9. The first-order valence-electron chi connectivity index (χ1n) is 21.9. The third-order valence-electron chi connectivity index (χ3n) is 11.9. The van der Waals surface area contributed by atoms with Gasteiger partial charge in [-0.15, -0.1) is 0 Å². The van der Waals surface area contributed by atoms with E-state index in [9.17, 15) is 115 Å². The molecule has 29 heteroatoms. The summed E-state index contributed by atoms with van der Waals surface area (Å²) in [6.07, 6.45) is -50.0. The van der Waals surface area contributed by atoms with Gasteiger partial charge in [0.15, 0.2) is 18.1 Å². The summed E-state index contributed by atoms with van der Waals surface area (Å²) in [5, 5.41) is 0. The molecule has 0 aliphatic heterocycles. The van der Waals surface area contributed by atoms with Crippen LogP contribution in [0.1, 0.15) is 70.9 Å². The lowest BCUT2D eigenvalue weighted by atomic mass is 9.12. The van der Waals surface area contributed by atoms with Crippen LogP contribution < -0.4 is 26.4 Å². The van der Waals surface area contributed by atoms with Gasteiger partial charge in [0, 0.05) is 11.1 Å². The molecule has 424 valence electrons. The number of alkyl halides is 24. The zero-order valence-corrected chi connectivity index (χ0v) is 39.0. The van der Waals surface area contributed by atoms with E-state index < -0.39 is 195 Å². The summed E-state index contributed by atoms with van der Waals surface area (Å²) < 4.78 is 343. The quantitative estimate of drug-likeness (QED) is 0.0626. The van der Waals surface area contributed by atoms with E-state index in [1.165, 1.54) is 6.20 Å². The molecule has 0 N–H and O–H groups in total. The highest BCUT2D eigenvalue weighted by atomic mass is 19.4. The lowest BCUT2D eigenvalue weighted by Gasteiger charge is -2.46. The van der Waals surface area contributed by atoms with E-state index in [1.807, 2.05) is 36.4 Å². The van der Waals surface area contributed by atoms with Crippen molar-refractivity contribution in [3.8, 4) is 0 Å². The standard InChI is InChI=1S/C32H12BF24.C19H15N2O2/c34-25(35,36)13-1-14(26(37,38)39)6-21(5-13)33(22-7-15(27(40,41)42)2-16(8-22)28(43,44)45,23-9-17(29(46,47)48)3-18(10-23)30(49,50)51)24-11-19(31(52,53)54)4-20(12-24)32(55,56)57;22-18(15-7-3-1-4-8-15)14-21-12-11-20-17(13-21)19(23)16-9-5-2-6-10-16/h1-12H;1-13H,14H2/q-1;+1. The molecule has 7 rings (SSSR count). The monoisotopic (exact) mass is 1170 g/mol. The van der Waals surface area contributed by atoms with Crippen molar-refractivity contribution in [3.05, 3.63) is 213 Å². The predicted molar refractivity (Wildman–Crippen MR) is 235 cm³/mol. The Morgan fingerprint density at radius 3 is 0.863 bits per heavy atom. The van der Waals surface area contributed by atoms with Crippen molar-refractivity contribution in [2.45, 2.75) is 56.0 Å². The van der Waals surface area contributed by atoms with Gasteiger partial charge in [0.25, 0.3) is 0 Å². The number of carbonyl (C=O) groups excluding carboxylic acids is 2. The van der Waals surface area contributed by atoms with Crippen molar-refractivity contribution in [1.82, 2.24) is 4.98 Å². The van der Waals surface area contributed by atoms with E-state index in [-0.39, 0.29) is 18.1 Å². The molecule has 0 saturated carbocycles. The Morgan fingerprint density at radius 2 is 0.613 bits per heavy atom. The molecule has 6 aromatic carbocycles. The second-order valence-corrected chi connectivity index (χ2v) is 17.3. The van der Waals surface area contributed by atoms with E-state index in [0.29, 0.717) is 16.8 Å². The van der Waals surface area contributed by atoms with Crippen LogP contribution in [-0.4, -0.2) is 22.7 Å². The molecular formula is C51H27BF24N2O2. The molecule has 0 amide bonds. The Morgan fingerprint density at radius 1 is 0.362 bits per heavy atom. The number of ketones is 2. The zero-order chi connectivity index (χ0) is 60.0. The van der Waals surface area contributed by atoms with Gasteiger partial charge in [0.2, 0.25) is 18.1 Å². The summed E-state index contributed by atoms with van der Waals surface area (Å²) >= 11 is 0. The van der Waals surface area contributed by atoms with Gasteiger partial charge >= 0.3 is 49.4 Å². The maximum absolute atomic E-state index is 14.2. The second-order valence-electron chi connectivity index (χ2n) is 17.3. The van der Waals surface area contributed by atoms with Crippen LogP contribution in [0.3, 0.4) is 0 Å². The van der Waals surface area contributed by atoms with Crippen LogP contribution in [0.4, 0.5) is 105 Å². The minimum Gasteiger partial charge on any atom is -0.287 e. The number of benzene rings is 6. The molecule has 0 atom stereocenters. The van der Waals surface area contributed by atoms with Crippen molar-refractivity contribution in [2.75, 3.05) is 0 Å². The summed E-state index contributed by atoms with van der Waals surface area (Å²) in [5.74, 6) is -0.174. The maximum Gasteiger partial charge on any atom is 0.416 e. The van der Waals surface area contributed by atoms with Gasteiger partial charge in [0.1, 0.15) is 6.15 Å². The molecule has 4 nitrogen and oxygen atoms in total. The lowest BCUT2D eigenvalue weighted by molar-refractivity contribution is -0.683. The van der Waals surface area contributed by atoms with Gasteiger partial charge in [-0.1, -0.05) is 109 Å². The van der Waals surface area contributed by atoms with Gasteiger partial charge in [-0.2, -0.15) is 132 Å². The fourth-order valence-corrected chi connectivity index (χ4v) is 8.34. The van der Waals surface area contributed by atoms with Crippen molar-refractivity contribution < 1.29 is 120 Å². The van der Waals surface area contributed by atoms with Crippen molar-refractivity contribution in [1.29, 1.82) is 0 Å². The number of aromatic nitrogens is 2. The molecule has 0 radical (unpaired) electrons. The summed E-state index contributed by atoms with van der Waals surface area (Å²) in [6.45, 7) is 0.168. The highest BCUT2D eigenvalue weighted by molar-refractivity contribution is 7.20. The molecule has 0 unspecified atom stereocenters. The van der Waals surface area contributed by atoms with Crippen molar-refractivity contribution in [3.63, 3.8) is 0 Å². The number of hydrogen-bond donors (Lipinski definition) is 0. The van der Waals surface area contributed by atoms with Crippen LogP contribution in [0.25, 0.3) is 0 Å². The largest absolute Gasteiger partial charge is 0.416 e. The van der Waals surface area contributed by atoms with E-state index in [2.05, 4.69) is 4.98 Å². The number of hydrogen-bond acceptors (Lipinski definition) is 3. The fraction of sp³-hybridized carbons (Fsp3) is 0.176. The van der Waals surface area contributed by atoms with Crippen molar-refractivity contribution >= 4 is 39.6 Å². The normalized spacial score (nSPS) is 13.2. The summed E-state index contributed by atoms with van der Waals surface area (Å²) in [5.41, 5.74) is -28.7. The van der Waals surface area contributed by atoms with Gasteiger partial charge in [-0.05, 0) is 24.3 Å². The Hall–Kier alpha value is -7.88. The number of Topliss-reactive ketones (excluding diaryl/α,β-unsaturated/α-hetero) is 1. The third-order valence-corrected chi connectivity index (χ3v) is 11.9. The first-order chi connectivity index (χ1) is 36.5. The number of carbonyl (C=O) groups is 2. The molecule has 0 aliphatic carbocycles. The molecule has 80 heavy (non-hydrogen) atoms. The fourth-order valence-electron chi connectivity index (χ4n) is 8.34. The highest BCUT2D eigenvalue weighted by Gasteiger charge is 2.47. The maximum atomic E-state index is 14.2. The lowest BCUT2D eigenvalue weighted by Crippen LogP contribution is -2.75. The van der Waals surface area contributed by atoms with Crippen LogP contribution in [0, 0.1) is 0 Å². The minimum absolute atomic E-state index is 0.0140. The average Bonchev–Trinajstić information content (AvgIpc) is 3.49. The molecule has 7 aromatic rings. The molecule has 0 aliphatic rings. The topological polar surface area (TPSA) is 50.9 Å². The zero-order valence-electron chi connectivity index (χ0n) is 39.0. The molecule has 0 saturated heterocycles. The smallest absolute Gasteiger partial charge is 0.287 e. The van der Waals surface area contributed by atoms with Gasteiger partial charge in [-0.25, -0.2) is 4.98 Å². The first-order valence-corrected chi connectivity index (χ1v) is 21.9. The average molecular weight is 1170 g/mol. The molecular weight excluding hydrogens is 1140 g/mol. The van der Waals surface area contributed by atoms with Crippen LogP contribution in [-0.2, 0) is 56.0 Å². The molecule has 0 fully saturated rings. The molecule has 1 heterocycles. The van der Waals surface area contributed by atoms with Crippen LogP contribution in [0.5, 0.6) is 0 Å². The van der Waals surface area contributed by atoms with Gasteiger partial charge in [0.05, 0.1) is 50.7 Å². The minimum atomic E-state index is -6.13. The Kier molecular flexibility index (Phi) is 16.6. The van der Waals surface area contributed by atoms with Crippen LogP contribution >= 0.6 is 0 Å². The van der Waals surface area contributed by atoms with E-state index in [0.717, 1.165) is 0 Å². The summed E-state index contributed by atoms with van der Waals surface area (Å²) in [7, 11) is 0. The highest BCUT2D eigenvalue weighted by Crippen LogP contribution is 2.41. The van der Waals surface area contributed by atoms with Gasteiger partial charge < -0.3 is 0 Å². The summed E-state index contributed by atoms with van der Waals surface area (Å²) in [6, 6.07) is 9.24.